The molecule has 0 saturated carbocycles. The normalized spacial score (nSPS) is 27.0. The van der Waals surface area contributed by atoms with Gasteiger partial charge in [0, 0.05) is 13.5 Å². The van der Waals surface area contributed by atoms with Crippen molar-refractivity contribution in [3.63, 3.8) is 0 Å². The van der Waals surface area contributed by atoms with Crippen LogP contribution in [0.2, 0.25) is 0 Å². The van der Waals surface area contributed by atoms with Gasteiger partial charge in [-0.25, -0.2) is 0 Å². The Morgan fingerprint density at radius 2 is 2.00 bits per heavy atom. The second kappa shape index (κ2) is 3.42. The molecule has 3 nitrogen and oxygen atoms in total. The lowest BCUT2D eigenvalue weighted by molar-refractivity contribution is -0.134. The van der Waals surface area contributed by atoms with Crippen LogP contribution in [0.1, 0.15) is 18.0 Å². The number of aliphatic hydroxyl groups excluding tert-OH is 1. The summed E-state index contributed by atoms with van der Waals surface area (Å²) in [6, 6.07) is 9.81. The van der Waals surface area contributed by atoms with Gasteiger partial charge in [0.05, 0.1) is 6.04 Å². The van der Waals surface area contributed by atoms with Gasteiger partial charge in [0.15, 0.2) is 0 Å². The largest absolute Gasteiger partial charge is 0.383 e. The van der Waals surface area contributed by atoms with E-state index in [1.807, 2.05) is 30.3 Å². The molecule has 1 heterocycles. The zero-order valence-electron chi connectivity index (χ0n) is 8.05. The highest BCUT2D eigenvalue weighted by Crippen LogP contribution is 2.31. The topological polar surface area (TPSA) is 40.5 Å². The van der Waals surface area contributed by atoms with Crippen molar-refractivity contribution in [1.29, 1.82) is 0 Å². The van der Waals surface area contributed by atoms with Gasteiger partial charge in [-0.1, -0.05) is 30.3 Å². The molecule has 0 bridgehead atoms. The maximum Gasteiger partial charge on any atom is 0.251 e. The molecule has 1 N–H and O–H groups in total. The minimum absolute atomic E-state index is 0.0266. The van der Waals surface area contributed by atoms with Crippen LogP contribution in [0.25, 0.3) is 0 Å². The van der Waals surface area contributed by atoms with Gasteiger partial charge < -0.3 is 10.0 Å². The van der Waals surface area contributed by atoms with Gasteiger partial charge in [0.25, 0.3) is 5.91 Å². The third-order valence-corrected chi connectivity index (χ3v) is 2.73. The molecule has 0 radical (unpaired) electrons. The lowest BCUT2D eigenvalue weighted by atomic mass is 10.0. The average Bonchev–Trinajstić information content (AvgIpc) is 2.47. The SMILES string of the molecule is CN1C(=O)[C@H](O)C[C@H]1c1ccccc1. The summed E-state index contributed by atoms with van der Waals surface area (Å²) in [5.41, 5.74) is 1.08. The Morgan fingerprint density at radius 3 is 2.50 bits per heavy atom. The molecule has 1 saturated heterocycles. The molecule has 0 aliphatic carbocycles. The lowest BCUT2D eigenvalue weighted by Crippen LogP contribution is -2.26. The highest BCUT2D eigenvalue weighted by molar-refractivity contribution is 5.83. The van der Waals surface area contributed by atoms with Crippen molar-refractivity contribution in [3.05, 3.63) is 35.9 Å². The summed E-state index contributed by atoms with van der Waals surface area (Å²) in [5, 5.41) is 9.41. The first-order chi connectivity index (χ1) is 6.70. The van der Waals surface area contributed by atoms with E-state index in [1.165, 1.54) is 0 Å². The van der Waals surface area contributed by atoms with Gasteiger partial charge in [-0.15, -0.1) is 0 Å². The predicted molar refractivity (Wildman–Crippen MR) is 52.6 cm³/mol. The first-order valence-electron chi connectivity index (χ1n) is 4.70. The molecular formula is C11H13NO2. The second-order valence-electron chi connectivity index (χ2n) is 3.63. The molecule has 74 valence electrons. The molecule has 1 aliphatic rings. The molecule has 1 aliphatic heterocycles. The number of likely N-dealkylation sites (N-methyl/N-ethyl adjacent to an activating group) is 1. The summed E-state index contributed by atoms with van der Waals surface area (Å²) in [5.74, 6) is -0.182. The maximum atomic E-state index is 11.4. The highest BCUT2D eigenvalue weighted by Gasteiger charge is 2.36. The Kier molecular flexibility index (Phi) is 2.25. The summed E-state index contributed by atoms with van der Waals surface area (Å²) in [6.45, 7) is 0. The van der Waals surface area contributed by atoms with Crippen molar-refractivity contribution in [2.24, 2.45) is 0 Å². The number of carbonyl (C=O) groups is 1. The molecule has 1 aromatic rings. The van der Waals surface area contributed by atoms with Crippen LogP contribution < -0.4 is 0 Å². The maximum absolute atomic E-state index is 11.4. The Labute approximate surface area is 83.0 Å². The van der Waals surface area contributed by atoms with Crippen molar-refractivity contribution < 1.29 is 9.90 Å². The second-order valence-corrected chi connectivity index (χ2v) is 3.63. The Hall–Kier alpha value is -1.35. The summed E-state index contributed by atoms with van der Waals surface area (Å²) in [4.78, 5) is 13.0. The van der Waals surface area contributed by atoms with Crippen molar-refractivity contribution in [2.75, 3.05) is 7.05 Å². The van der Waals surface area contributed by atoms with Crippen molar-refractivity contribution >= 4 is 5.91 Å². The van der Waals surface area contributed by atoms with Gasteiger partial charge in [-0.2, -0.15) is 0 Å². The molecule has 0 aromatic heterocycles. The van der Waals surface area contributed by atoms with Crippen molar-refractivity contribution in [2.45, 2.75) is 18.6 Å². The van der Waals surface area contributed by atoms with Gasteiger partial charge in [-0.3, -0.25) is 4.79 Å². The molecule has 0 spiro atoms. The van der Waals surface area contributed by atoms with Gasteiger partial charge in [0.2, 0.25) is 0 Å². The fourth-order valence-electron chi connectivity index (χ4n) is 1.89. The van der Waals surface area contributed by atoms with Crippen LogP contribution in [0.3, 0.4) is 0 Å². The predicted octanol–water partition coefficient (Wildman–Crippen LogP) is 0.951. The van der Waals surface area contributed by atoms with E-state index >= 15 is 0 Å². The Bertz CT molecular complexity index is 336. The number of hydrogen-bond donors (Lipinski definition) is 1. The highest BCUT2D eigenvalue weighted by atomic mass is 16.3. The summed E-state index contributed by atoms with van der Waals surface area (Å²) < 4.78 is 0. The van der Waals surface area contributed by atoms with Gasteiger partial charge in [0.1, 0.15) is 6.10 Å². The molecule has 1 fully saturated rings. The average molecular weight is 191 g/mol. The van der Waals surface area contributed by atoms with E-state index in [0.717, 1.165) is 5.56 Å². The van der Waals surface area contributed by atoms with Crippen molar-refractivity contribution in [3.8, 4) is 0 Å². The van der Waals surface area contributed by atoms with E-state index in [1.54, 1.807) is 11.9 Å². The van der Waals surface area contributed by atoms with Crippen molar-refractivity contribution in [1.82, 2.24) is 4.90 Å². The Morgan fingerprint density at radius 1 is 1.36 bits per heavy atom. The molecule has 0 unspecified atom stereocenters. The van der Waals surface area contributed by atoms with E-state index in [4.69, 9.17) is 0 Å². The van der Waals surface area contributed by atoms with E-state index in [-0.39, 0.29) is 11.9 Å². The Balaban J connectivity index is 2.26. The number of hydrogen-bond acceptors (Lipinski definition) is 2. The van der Waals surface area contributed by atoms with Crippen LogP contribution >= 0.6 is 0 Å². The molecule has 2 rings (SSSR count). The van der Waals surface area contributed by atoms with Crippen LogP contribution in [-0.2, 0) is 4.79 Å². The number of carbonyl (C=O) groups excluding carboxylic acids is 1. The minimum Gasteiger partial charge on any atom is -0.383 e. The molecule has 1 amide bonds. The molecular weight excluding hydrogens is 178 g/mol. The molecule has 3 heteroatoms. The summed E-state index contributed by atoms with van der Waals surface area (Å²) in [7, 11) is 1.73. The van der Waals surface area contributed by atoms with E-state index in [9.17, 15) is 9.90 Å². The molecule has 2 atom stereocenters. The van der Waals surface area contributed by atoms with Gasteiger partial charge in [-0.05, 0) is 5.56 Å². The first-order valence-corrected chi connectivity index (χ1v) is 4.70. The summed E-state index contributed by atoms with van der Waals surface area (Å²) in [6.07, 6.45) is -0.329. The monoisotopic (exact) mass is 191 g/mol. The van der Waals surface area contributed by atoms with Crippen LogP contribution in [0.4, 0.5) is 0 Å². The number of nitrogens with zero attached hydrogens (tertiary/aromatic N) is 1. The number of aliphatic hydroxyl groups is 1. The van der Waals surface area contributed by atoms with Crippen LogP contribution in [0.15, 0.2) is 30.3 Å². The smallest absolute Gasteiger partial charge is 0.251 e. The minimum atomic E-state index is -0.829. The third kappa shape index (κ3) is 1.40. The zero-order valence-corrected chi connectivity index (χ0v) is 8.05. The quantitative estimate of drug-likeness (QED) is 0.718. The number of likely N-dealkylation sites (tertiary alicyclic amines) is 1. The van der Waals surface area contributed by atoms with Gasteiger partial charge >= 0.3 is 0 Å². The van der Waals surface area contributed by atoms with Crippen LogP contribution in [-0.4, -0.2) is 29.1 Å². The number of benzene rings is 1. The third-order valence-electron chi connectivity index (χ3n) is 2.73. The number of rotatable bonds is 1. The van der Waals surface area contributed by atoms with Crippen LogP contribution in [0, 0.1) is 0 Å². The lowest BCUT2D eigenvalue weighted by Gasteiger charge is -2.19. The summed E-state index contributed by atoms with van der Waals surface area (Å²) >= 11 is 0. The zero-order chi connectivity index (χ0) is 10.1. The molecule has 14 heavy (non-hydrogen) atoms. The first kappa shape index (κ1) is 9.21. The van der Waals surface area contributed by atoms with E-state index in [0.29, 0.717) is 6.42 Å². The van der Waals surface area contributed by atoms with Crippen LogP contribution in [0.5, 0.6) is 0 Å². The van der Waals surface area contributed by atoms with E-state index in [2.05, 4.69) is 0 Å². The standard InChI is InChI=1S/C11H13NO2/c1-12-9(7-10(13)11(12)14)8-5-3-2-4-6-8/h2-6,9-10,13H,7H2,1H3/t9-,10+/m0/s1. The fourth-order valence-corrected chi connectivity index (χ4v) is 1.89. The number of amides is 1. The fraction of sp³-hybridized carbons (Fsp3) is 0.364. The van der Waals surface area contributed by atoms with E-state index < -0.39 is 6.10 Å². The molecule has 1 aromatic carbocycles.